The third-order valence-electron chi connectivity index (χ3n) is 2.94. The van der Waals surface area contributed by atoms with Crippen LogP contribution in [0.5, 0.6) is 5.75 Å². The number of aryl methyl sites for hydroxylation is 1. The molecule has 18 heavy (non-hydrogen) atoms. The molecule has 1 atom stereocenters. The summed E-state index contributed by atoms with van der Waals surface area (Å²) in [5.41, 5.74) is 1.27. The fourth-order valence-electron chi connectivity index (χ4n) is 1.97. The van der Waals surface area contributed by atoms with Crippen LogP contribution in [0.3, 0.4) is 0 Å². The average Bonchev–Trinajstić information content (AvgIpc) is 2.38. The minimum Gasteiger partial charge on any atom is -0.508 e. The summed E-state index contributed by atoms with van der Waals surface area (Å²) in [7, 11) is 0. The number of carbonyl (C=O) groups excluding carboxylic acids is 1. The van der Waals surface area contributed by atoms with Gasteiger partial charge in [-0.3, -0.25) is 4.79 Å². The van der Waals surface area contributed by atoms with Crippen LogP contribution in [0, 0.1) is 18.3 Å². The zero-order valence-electron chi connectivity index (χ0n) is 10.1. The highest BCUT2D eigenvalue weighted by molar-refractivity contribution is 5.95. The lowest BCUT2D eigenvalue weighted by molar-refractivity contribution is 0.00343. The second kappa shape index (κ2) is 5.07. The fraction of sp³-hybridized carbons (Fsp3) is 0.385. The van der Waals surface area contributed by atoms with Gasteiger partial charge in [-0.2, -0.15) is 5.26 Å². The van der Waals surface area contributed by atoms with Crippen LogP contribution < -0.4 is 0 Å². The van der Waals surface area contributed by atoms with Crippen LogP contribution in [0.4, 0.5) is 0 Å². The third-order valence-corrected chi connectivity index (χ3v) is 2.94. The van der Waals surface area contributed by atoms with Gasteiger partial charge in [0.1, 0.15) is 5.75 Å². The van der Waals surface area contributed by atoms with Gasteiger partial charge in [0.2, 0.25) is 0 Å². The molecular formula is C13H14N2O3. The second-order valence-electron chi connectivity index (χ2n) is 4.24. The first-order valence-electron chi connectivity index (χ1n) is 5.72. The maximum Gasteiger partial charge on any atom is 0.254 e. The molecule has 0 saturated carbocycles. The van der Waals surface area contributed by atoms with E-state index in [2.05, 4.69) is 0 Å². The molecule has 1 N–H and O–H groups in total. The Morgan fingerprint density at radius 3 is 3.06 bits per heavy atom. The van der Waals surface area contributed by atoms with Crippen LogP contribution in [0.2, 0.25) is 0 Å². The van der Waals surface area contributed by atoms with Gasteiger partial charge in [0.05, 0.1) is 19.2 Å². The molecule has 1 aliphatic heterocycles. The number of amides is 1. The second-order valence-corrected chi connectivity index (χ2v) is 4.24. The summed E-state index contributed by atoms with van der Waals surface area (Å²) < 4.78 is 5.20. The Kier molecular flexibility index (Phi) is 3.49. The highest BCUT2D eigenvalue weighted by Crippen LogP contribution is 2.18. The maximum atomic E-state index is 12.3. The molecular weight excluding hydrogens is 232 g/mol. The maximum absolute atomic E-state index is 12.3. The number of morpholine rings is 1. The quantitative estimate of drug-likeness (QED) is 0.804. The number of nitriles is 1. The van der Waals surface area contributed by atoms with E-state index in [9.17, 15) is 9.90 Å². The highest BCUT2D eigenvalue weighted by Gasteiger charge is 2.25. The summed E-state index contributed by atoms with van der Waals surface area (Å²) in [5, 5.41) is 18.1. The number of phenolic OH excluding ortho intramolecular Hbond substituents is 1. The molecule has 0 spiro atoms. The largest absolute Gasteiger partial charge is 0.508 e. The van der Waals surface area contributed by atoms with Crippen molar-refractivity contribution >= 4 is 5.91 Å². The van der Waals surface area contributed by atoms with Crippen molar-refractivity contribution in [2.24, 2.45) is 0 Å². The molecule has 1 saturated heterocycles. The van der Waals surface area contributed by atoms with E-state index in [4.69, 9.17) is 10.00 Å². The van der Waals surface area contributed by atoms with Crippen molar-refractivity contribution in [2.45, 2.75) is 13.0 Å². The van der Waals surface area contributed by atoms with Crippen LogP contribution >= 0.6 is 0 Å². The zero-order chi connectivity index (χ0) is 13.1. The Morgan fingerprint density at radius 2 is 2.39 bits per heavy atom. The van der Waals surface area contributed by atoms with Crippen LogP contribution in [0.15, 0.2) is 18.2 Å². The number of hydrogen-bond acceptors (Lipinski definition) is 4. The summed E-state index contributed by atoms with van der Waals surface area (Å²) in [4.78, 5) is 13.9. The van der Waals surface area contributed by atoms with E-state index in [1.165, 1.54) is 6.07 Å². The Bertz CT molecular complexity index is 507. The molecule has 0 aromatic heterocycles. The number of nitrogens with zero attached hydrogens (tertiary/aromatic N) is 2. The summed E-state index contributed by atoms with van der Waals surface area (Å²) in [5.74, 6) is 0.0111. The minimum absolute atomic E-state index is 0.129. The smallest absolute Gasteiger partial charge is 0.254 e. The molecule has 1 heterocycles. The molecule has 94 valence electrons. The van der Waals surface area contributed by atoms with E-state index < -0.39 is 6.10 Å². The minimum atomic E-state index is -0.555. The van der Waals surface area contributed by atoms with Crippen molar-refractivity contribution in [3.05, 3.63) is 29.3 Å². The lowest BCUT2D eigenvalue weighted by Crippen LogP contribution is -2.45. The van der Waals surface area contributed by atoms with Crippen LogP contribution in [0.1, 0.15) is 15.9 Å². The molecule has 5 heteroatoms. The summed E-state index contributed by atoms with van der Waals surface area (Å²) in [6.45, 7) is 2.92. The molecule has 0 bridgehead atoms. The average molecular weight is 246 g/mol. The van der Waals surface area contributed by atoms with Crippen molar-refractivity contribution in [1.29, 1.82) is 5.26 Å². The third kappa shape index (κ3) is 2.44. The Balaban J connectivity index is 2.18. The topological polar surface area (TPSA) is 73.6 Å². The summed E-state index contributed by atoms with van der Waals surface area (Å²) in [6.07, 6.45) is -0.555. The van der Waals surface area contributed by atoms with Gasteiger partial charge in [-0.1, -0.05) is 0 Å². The van der Waals surface area contributed by atoms with E-state index in [0.717, 1.165) is 5.56 Å². The predicted molar refractivity (Wildman–Crippen MR) is 64.1 cm³/mol. The van der Waals surface area contributed by atoms with Gasteiger partial charge >= 0.3 is 0 Å². The first-order chi connectivity index (χ1) is 8.61. The normalized spacial score (nSPS) is 19.3. The van der Waals surface area contributed by atoms with Crippen LogP contribution in [-0.4, -0.2) is 41.7 Å². The number of benzene rings is 1. The van der Waals surface area contributed by atoms with Crippen molar-refractivity contribution < 1.29 is 14.6 Å². The molecule has 2 rings (SSSR count). The van der Waals surface area contributed by atoms with Crippen molar-refractivity contribution in [1.82, 2.24) is 4.90 Å². The summed E-state index contributed by atoms with van der Waals surface area (Å²) >= 11 is 0. The Hall–Kier alpha value is -2.06. The van der Waals surface area contributed by atoms with E-state index in [-0.39, 0.29) is 18.2 Å². The monoisotopic (exact) mass is 246 g/mol. The van der Waals surface area contributed by atoms with Gasteiger partial charge in [0.15, 0.2) is 6.10 Å². The molecule has 0 aliphatic carbocycles. The van der Waals surface area contributed by atoms with Gasteiger partial charge in [0, 0.05) is 12.1 Å². The molecule has 5 nitrogen and oxygen atoms in total. The van der Waals surface area contributed by atoms with E-state index in [0.29, 0.717) is 18.7 Å². The molecule has 0 radical (unpaired) electrons. The number of rotatable bonds is 1. The van der Waals surface area contributed by atoms with E-state index in [1.807, 2.05) is 6.07 Å². The lowest BCUT2D eigenvalue weighted by Gasteiger charge is -2.30. The predicted octanol–water partition coefficient (Wildman–Crippen LogP) is 1.07. The molecule has 1 aliphatic rings. The van der Waals surface area contributed by atoms with Gasteiger partial charge in [-0.05, 0) is 30.7 Å². The van der Waals surface area contributed by atoms with E-state index >= 15 is 0 Å². The van der Waals surface area contributed by atoms with Gasteiger partial charge in [-0.15, -0.1) is 0 Å². The van der Waals surface area contributed by atoms with Gasteiger partial charge in [-0.25, -0.2) is 0 Å². The zero-order valence-corrected chi connectivity index (χ0v) is 10.1. The Morgan fingerprint density at radius 1 is 1.61 bits per heavy atom. The molecule has 1 aromatic rings. The standard InChI is InChI=1S/C13H14N2O3/c1-9-6-10(16)2-3-12(9)13(17)15-4-5-18-11(7-14)8-15/h2-3,6,11,16H,4-5,8H2,1H3. The lowest BCUT2D eigenvalue weighted by atomic mass is 10.1. The number of ether oxygens (including phenoxy) is 1. The molecule has 1 amide bonds. The van der Waals surface area contributed by atoms with Crippen LogP contribution in [0.25, 0.3) is 0 Å². The van der Waals surface area contributed by atoms with Crippen molar-refractivity contribution in [3.8, 4) is 11.8 Å². The van der Waals surface area contributed by atoms with Crippen molar-refractivity contribution in [3.63, 3.8) is 0 Å². The fourth-order valence-corrected chi connectivity index (χ4v) is 1.97. The number of hydrogen-bond donors (Lipinski definition) is 1. The SMILES string of the molecule is Cc1cc(O)ccc1C(=O)N1CCOC(C#N)C1. The molecule has 1 fully saturated rings. The summed E-state index contributed by atoms with van der Waals surface area (Å²) in [6, 6.07) is 6.65. The molecule has 1 aromatic carbocycles. The molecule has 1 unspecified atom stereocenters. The van der Waals surface area contributed by atoms with Crippen LogP contribution in [-0.2, 0) is 4.74 Å². The van der Waals surface area contributed by atoms with Gasteiger partial charge in [0.25, 0.3) is 5.91 Å². The first-order valence-corrected chi connectivity index (χ1v) is 5.72. The van der Waals surface area contributed by atoms with Crippen molar-refractivity contribution in [2.75, 3.05) is 19.7 Å². The Labute approximate surface area is 105 Å². The number of carbonyl (C=O) groups is 1. The highest BCUT2D eigenvalue weighted by atomic mass is 16.5. The van der Waals surface area contributed by atoms with E-state index in [1.54, 1.807) is 24.0 Å². The first kappa shape index (κ1) is 12.4. The number of aromatic hydroxyl groups is 1. The number of phenols is 1. The van der Waals surface area contributed by atoms with Gasteiger partial charge < -0.3 is 14.7 Å².